The van der Waals surface area contributed by atoms with Crippen molar-refractivity contribution in [1.82, 2.24) is 5.32 Å². The van der Waals surface area contributed by atoms with Crippen molar-refractivity contribution in [2.45, 2.75) is 45.1 Å². The zero-order valence-electron chi connectivity index (χ0n) is 15.4. The minimum Gasteiger partial charge on any atom is -0.492 e. The van der Waals surface area contributed by atoms with E-state index in [4.69, 9.17) is 10.5 Å². The summed E-state index contributed by atoms with van der Waals surface area (Å²) in [6.07, 6.45) is 4.59. The fraction of sp³-hybridized carbons (Fsp3) is 0.600. The molecule has 0 spiro atoms. The third-order valence-electron chi connectivity index (χ3n) is 5.49. The average molecular weight is 359 g/mol. The predicted octanol–water partition coefficient (Wildman–Crippen LogP) is 2.07. The molecule has 1 aliphatic heterocycles. The van der Waals surface area contributed by atoms with Gasteiger partial charge in [-0.2, -0.15) is 0 Å². The SMILES string of the molecule is CCOc1ccccc1N1CC(C(=O)NC2CCCCC2CN)CC1=O. The average Bonchev–Trinajstić information content (AvgIpc) is 3.04. The van der Waals surface area contributed by atoms with Crippen LogP contribution in [0, 0.1) is 11.8 Å². The van der Waals surface area contributed by atoms with Crippen molar-refractivity contribution < 1.29 is 14.3 Å². The van der Waals surface area contributed by atoms with Crippen molar-refractivity contribution in [3.8, 4) is 5.75 Å². The summed E-state index contributed by atoms with van der Waals surface area (Å²) in [7, 11) is 0. The molecule has 3 rings (SSSR count). The Balaban J connectivity index is 1.66. The molecule has 142 valence electrons. The summed E-state index contributed by atoms with van der Waals surface area (Å²) in [5.41, 5.74) is 6.60. The van der Waals surface area contributed by atoms with Crippen LogP contribution in [0.5, 0.6) is 5.75 Å². The number of amides is 2. The summed E-state index contributed by atoms with van der Waals surface area (Å²) in [5, 5.41) is 3.17. The minimum absolute atomic E-state index is 0.0277. The highest BCUT2D eigenvalue weighted by molar-refractivity contribution is 6.01. The van der Waals surface area contributed by atoms with E-state index >= 15 is 0 Å². The van der Waals surface area contributed by atoms with E-state index in [-0.39, 0.29) is 30.2 Å². The van der Waals surface area contributed by atoms with E-state index in [9.17, 15) is 9.59 Å². The Kier molecular flexibility index (Phi) is 6.14. The molecule has 2 fully saturated rings. The molecule has 6 nitrogen and oxygen atoms in total. The van der Waals surface area contributed by atoms with Crippen LogP contribution in [0.15, 0.2) is 24.3 Å². The van der Waals surface area contributed by atoms with Gasteiger partial charge in [0.05, 0.1) is 18.2 Å². The van der Waals surface area contributed by atoms with Crippen molar-refractivity contribution >= 4 is 17.5 Å². The molecule has 6 heteroatoms. The standard InChI is InChI=1S/C20H29N3O3/c1-2-26-18-10-6-5-9-17(18)23-13-15(11-19(23)24)20(25)22-16-8-4-3-7-14(16)12-21/h5-6,9-10,14-16H,2-4,7-8,11-13,21H2,1H3,(H,22,25). The molecule has 3 N–H and O–H groups in total. The second kappa shape index (κ2) is 8.54. The molecule has 2 aliphatic rings. The first-order chi connectivity index (χ1) is 12.6. The van der Waals surface area contributed by atoms with E-state index in [1.165, 1.54) is 6.42 Å². The summed E-state index contributed by atoms with van der Waals surface area (Å²) in [5.74, 6) is 0.647. The molecular formula is C20H29N3O3. The van der Waals surface area contributed by atoms with Crippen LogP contribution in [0.25, 0.3) is 0 Å². The van der Waals surface area contributed by atoms with Gasteiger partial charge in [-0.3, -0.25) is 9.59 Å². The molecule has 1 saturated heterocycles. The maximum absolute atomic E-state index is 12.7. The summed E-state index contributed by atoms with van der Waals surface area (Å²) in [6, 6.07) is 7.63. The topological polar surface area (TPSA) is 84.7 Å². The van der Waals surface area contributed by atoms with E-state index in [0.717, 1.165) is 24.9 Å². The van der Waals surface area contributed by atoms with Crippen LogP contribution in [0.4, 0.5) is 5.69 Å². The number of carbonyl (C=O) groups is 2. The van der Waals surface area contributed by atoms with Crippen LogP contribution in [-0.4, -0.2) is 37.6 Å². The van der Waals surface area contributed by atoms with E-state index in [1.807, 2.05) is 31.2 Å². The lowest BCUT2D eigenvalue weighted by Crippen LogP contribution is -2.47. The number of nitrogens with two attached hydrogens (primary N) is 1. The predicted molar refractivity (Wildman–Crippen MR) is 101 cm³/mol. The summed E-state index contributed by atoms with van der Waals surface area (Å²) < 4.78 is 5.64. The van der Waals surface area contributed by atoms with Crippen LogP contribution in [-0.2, 0) is 9.59 Å². The fourth-order valence-corrected chi connectivity index (χ4v) is 4.05. The van der Waals surface area contributed by atoms with Gasteiger partial charge in [0.15, 0.2) is 0 Å². The molecule has 0 radical (unpaired) electrons. The number of para-hydroxylation sites is 2. The van der Waals surface area contributed by atoms with Crippen LogP contribution >= 0.6 is 0 Å². The van der Waals surface area contributed by atoms with Crippen molar-refractivity contribution in [3.05, 3.63) is 24.3 Å². The van der Waals surface area contributed by atoms with Crippen LogP contribution in [0.1, 0.15) is 39.0 Å². The lowest BCUT2D eigenvalue weighted by Gasteiger charge is -2.32. The second-order valence-corrected chi connectivity index (χ2v) is 7.20. The molecule has 2 amide bonds. The number of nitrogens with one attached hydrogen (secondary N) is 1. The van der Waals surface area contributed by atoms with E-state index in [2.05, 4.69) is 5.32 Å². The molecule has 0 aromatic heterocycles. The number of hydrogen-bond acceptors (Lipinski definition) is 4. The van der Waals surface area contributed by atoms with Gasteiger partial charge in [-0.25, -0.2) is 0 Å². The Hall–Kier alpha value is -2.08. The molecule has 26 heavy (non-hydrogen) atoms. The number of hydrogen-bond donors (Lipinski definition) is 2. The van der Waals surface area contributed by atoms with Crippen molar-refractivity contribution in [1.29, 1.82) is 0 Å². The number of benzene rings is 1. The Morgan fingerprint density at radius 1 is 1.31 bits per heavy atom. The molecule has 3 unspecified atom stereocenters. The van der Waals surface area contributed by atoms with Gasteiger partial charge >= 0.3 is 0 Å². The van der Waals surface area contributed by atoms with Gasteiger partial charge in [-0.15, -0.1) is 0 Å². The molecule has 1 saturated carbocycles. The largest absolute Gasteiger partial charge is 0.492 e. The van der Waals surface area contributed by atoms with Gasteiger partial charge < -0.3 is 20.7 Å². The number of rotatable bonds is 6. The lowest BCUT2D eigenvalue weighted by atomic mass is 9.84. The number of ether oxygens (including phenoxy) is 1. The Bertz CT molecular complexity index is 649. The normalized spacial score (nSPS) is 26.0. The van der Waals surface area contributed by atoms with Gasteiger partial charge in [0.2, 0.25) is 11.8 Å². The molecule has 0 bridgehead atoms. The molecule has 1 aliphatic carbocycles. The third kappa shape index (κ3) is 4.01. The van der Waals surface area contributed by atoms with E-state index < -0.39 is 0 Å². The number of anilines is 1. The quantitative estimate of drug-likeness (QED) is 0.814. The van der Waals surface area contributed by atoms with Crippen molar-refractivity contribution in [2.75, 3.05) is 24.6 Å². The Labute approximate surface area is 155 Å². The van der Waals surface area contributed by atoms with Crippen molar-refractivity contribution in [3.63, 3.8) is 0 Å². The monoisotopic (exact) mass is 359 g/mol. The van der Waals surface area contributed by atoms with Gasteiger partial charge in [-0.1, -0.05) is 25.0 Å². The molecular weight excluding hydrogens is 330 g/mol. The summed E-state index contributed by atoms with van der Waals surface area (Å²) >= 11 is 0. The smallest absolute Gasteiger partial charge is 0.227 e. The van der Waals surface area contributed by atoms with E-state index in [1.54, 1.807) is 4.90 Å². The Morgan fingerprint density at radius 2 is 2.08 bits per heavy atom. The number of carbonyl (C=O) groups excluding carboxylic acids is 2. The first-order valence-corrected chi connectivity index (χ1v) is 9.66. The summed E-state index contributed by atoms with van der Waals surface area (Å²) in [4.78, 5) is 27.0. The van der Waals surface area contributed by atoms with Crippen LogP contribution in [0.3, 0.4) is 0 Å². The van der Waals surface area contributed by atoms with Crippen molar-refractivity contribution in [2.24, 2.45) is 17.6 Å². The first-order valence-electron chi connectivity index (χ1n) is 9.66. The summed E-state index contributed by atoms with van der Waals surface area (Å²) in [6.45, 7) is 3.44. The molecule has 1 aromatic rings. The zero-order valence-corrected chi connectivity index (χ0v) is 15.4. The molecule has 1 aromatic carbocycles. The van der Waals surface area contributed by atoms with Gasteiger partial charge in [-0.05, 0) is 44.4 Å². The second-order valence-electron chi connectivity index (χ2n) is 7.20. The Morgan fingerprint density at radius 3 is 2.85 bits per heavy atom. The van der Waals surface area contributed by atoms with Crippen LogP contribution < -0.4 is 20.7 Å². The third-order valence-corrected chi connectivity index (χ3v) is 5.49. The van der Waals surface area contributed by atoms with Gasteiger partial charge in [0, 0.05) is 19.0 Å². The highest BCUT2D eigenvalue weighted by Crippen LogP contribution is 2.33. The number of nitrogens with zero attached hydrogens (tertiary/aromatic N) is 1. The highest BCUT2D eigenvalue weighted by Gasteiger charge is 2.37. The highest BCUT2D eigenvalue weighted by atomic mass is 16.5. The fourth-order valence-electron chi connectivity index (χ4n) is 4.05. The maximum atomic E-state index is 12.7. The van der Waals surface area contributed by atoms with Gasteiger partial charge in [0.25, 0.3) is 0 Å². The lowest BCUT2D eigenvalue weighted by molar-refractivity contribution is -0.127. The van der Waals surface area contributed by atoms with Crippen LogP contribution in [0.2, 0.25) is 0 Å². The maximum Gasteiger partial charge on any atom is 0.227 e. The van der Waals surface area contributed by atoms with Gasteiger partial charge in [0.1, 0.15) is 5.75 Å². The molecule has 3 atom stereocenters. The zero-order chi connectivity index (χ0) is 18.5. The minimum atomic E-state index is -0.322. The first kappa shape index (κ1) is 18.7. The van der Waals surface area contributed by atoms with E-state index in [0.29, 0.717) is 31.4 Å². The molecule has 1 heterocycles.